The molecule has 1 unspecified atom stereocenters. The van der Waals surface area contributed by atoms with Gasteiger partial charge in [-0.25, -0.2) is 9.78 Å². The van der Waals surface area contributed by atoms with Crippen molar-refractivity contribution in [3.8, 4) is 0 Å². The average molecular weight is 342 g/mol. The number of benzene rings is 1. The van der Waals surface area contributed by atoms with Crippen molar-refractivity contribution in [2.24, 2.45) is 0 Å². The summed E-state index contributed by atoms with van der Waals surface area (Å²) in [6.45, 7) is 1.97. The predicted molar refractivity (Wildman–Crippen MR) is 89.5 cm³/mol. The second-order valence-corrected chi connectivity index (χ2v) is 6.64. The van der Waals surface area contributed by atoms with E-state index in [9.17, 15) is 9.59 Å². The van der Waals surface area contributed by atoms with Gasteiger partial charge in [-0.15, -0.1) is 0 Å². The standard InChI is InChI=1S/C18H16ClN3O2/c1-11-6-7-13(15(19)20-11)10-22-16(23)18(21-17(22)24)9-8-12-4-2-3-5-14(12)18/h2-7H,8-10H2,1H3,(H,21,24). The molecule has 3 amide bonds. The van der Waals surface area contributed by atoms with Crippen LogP contribution in [0.4, 0.5) is 4.79 Å². The summed E-state index contributed by atoms with van der Waals surface area (Å²) in [6, 6.07) is 11.0. The van der Waals surface area contributed by atoms with Crippen LogP contribution in [-0.4, -0.2) is 21.8 Å². The summed E-state index contributed by atoms with van der Waals surface area (Å²) in [5, 5.41) is 3.23. The van der Waals surface area contributed by atoms with Crippen molar-refractivity contribution < 1.29 is 9.59 Å². The number of nitrogens with zero attached hydrogens (tertiary/aromatic N) is 2. The Bertz CT molecular complexity index is 867. The van der Waals surface area contributed by atoms with Gasteiger partial charge in [-0.3, -0.25) is 9.69 Å². The van der Waals surface area contributed by atoms with Gasteiger partial charge in [-0.05, 0) is 37.0 Å². The predicted octanol–water partition coefficient (Wildman–Crippen LogP) is 2.94. The molecule has 1 spiro atoms. The fourth-order valence-corrected chi connectivity index (χ4v) is 3.83. The van der Waals surface area contributed by atoms with Gasteiger partial charge in [0, 0.05) is 11.3 Å². The molecule has 2 aliphatic rings. The number of hydrogen-bond donors (Lipinski definition) is 1. The summed E-state index contributed by atoms with van der Waals surface area (Å²) in [7, 11) is 0. The lowest BCUT2D eigenvalue weighted by atomic mass is 9.92. The number of pyridine rings is 1. The van der Waals surface area contributed by atoms with Crippen LogP contribution in [0.1, 0.15) is 28.8 Å². The van der Waals surface area contributed by atoms with E-state index in [0.717, 1.165) is 23.2 Å². The minimum atomic E-state index is -0.932. The number of carbonyl (C=O) groups is 2. The van der Waals surface area contributed by atoms with E-state index >= 15 is 0 Å². The first-order valence-corrected chi connectivity index (χ1v) is 8.23. The molecular formula is C18H16ClN3O2. The summed E-state index contributed by atoms with van der Waals surface area (Å²) >= 11 is 6.15. The molecule has 2 aromatic rings. The Morgan fingerprint density at radius 2 is 2.04 bits per heavy atom. The molecule has 1 aromatic heterocycles. The molecule has 1 atom stereocenters. The van der Waals surface area contributed by atoms with Crippen molar-refractivity contribution >= 4 is 23.5 Å². The van der Waals surface area contributed by atoms with Crippen molar-refractivity contribution in [1.82, 2.24) is 15.2 Å². The summed E-state index contributed by atoms with van der Waals surface area (Å²) in [4.78, 5) is 31.0. The van der Waals surface area contributed by atoms with E-state index < -0.39 is 5.54 Å². The van der Waals surface area contributed by atoms with Crippen LogP contribution in [0, 0.1) is 6.92 Å². The zero-order valence-corrected chi connectivity index (χ0v) is 13.9. The van der Waals surface area contributed by atoms with Crippen LogP contribution in [0.25, 0.3) is 0 Å². The van der Waals surface area contributed by atoms with E-state index in [1.54, 1.807) is 6.07 Å². The van der Waals surface area contributed by atoms with Crippen LogP contribution >= 0.6 is 11.6 Å². The Morgan fingerprint density at radius 1 is 1.25 bits per heavy atom. The maximum absolute atomic E-state index is 13.1. The van der Waals surface area contributed by atoms with Crippen LogP contribution in [0.15, 0.2) is 36.4 Å². The number of hydrogen-bond acceptors (Lipinski definition) is 3. The zero-order chi connectivity index (χ0) is 16.9. The van der Waals surface area contributed by atoms with Gasteiger partial charge in [0.1, 0.15) is 10.7 Å². The van der Waals surface area contributed by atoms with Crippen LogP contribution in [-0.2, 0) is 23.3 Å². The molecule has 6 heteroatoms. The summed E-state index contributed by atoms with van der Waals surface area (Å²) < 4.78 is 0. The Morgan fingerprint density at radius 3 is 2.83 bits per heavy atom. The van der Waals surface area contributed by atoms with Gasteiger partial charge >= 0.3 is 6.03 Å². The molecule has 1 aromatic carbocycles. The van der Waals surface area contributed by atoms with Crippen LogP contribution in [0.5, 0.6) is 0 Å². The Kier molecular flexibility index (Phi) is 3.35. The molecule has 5 nitrogen and oxygen atoms in total. The van der Waals surface area contributed by atoms with E-state index in [1.807, 2.05) is 37.3 Å². The van der Waals surface area contributed by atoms with Gasteiger partial charge in [-0.1, -0.05) is 41.9 Å². The number of urea groups is 1. The van der Waals surface area contributed by atoms with Gasteiger partial charge in [0.2, 0.25) is 0 Å². The second-order valence-electron chi connectivity index (χ2n) is 6.29. The number of nitrogens with one attached hydrogen (secondary N) is 1. The number of carbonyl (C=O) groups excluding carboxylic acids is 2. The molecule has 0 saturated carbocycles. The molecule has 24 heavy (non-hydrogen) atoms. The van der Waals surface area contributed by atoms with E-state index in [4.69, 9.17) is 11.6 Å². The highest BCUT2D eigenvalue weighted by Gasteiger charge is 2.55. The topological polar surface area (TPSA) is 62.3 Å². The summed E-state index contributed by atoms with van der Waals surface area (Å²) in [6.07, 6.45) is 1.37. The fraction of sp³-hybridized carbons (Fsp3) is 0.278. The maximum Gasteiger partial charge on any atom is 0.325 e. The van der Waals surface area contributed by atoms with E-state index in [-0.39, 0.29) is 18.5 Å². The summed E-state index contributed by atoms with van der Waals surface area (Å²) in [5.74, 6) is -0.214. The number of imide groups is 1. The first kappa shape index (κ1) is 15.1. The molecule has 122 valence electrons. The largest absolute Gasteiger partial charge is 0.325 e. The van der Waals surface area contributed by atoms with Gasteiger partial charge in [0.25, 0.3) is 5.91 Å². The lowest BCUT2D eigenvalue weighted by Gasteiger charge is -2.22. The Hall–Kier alpha value is -2.40. The summed E-state index contributed by atoms with van der Waals surface area (Å²) in [5.41, 5.74) is 2.54. The third-order valence-electron chi connectivity index (χ3n) is 4.82. The van der Waals surface area contributed by atoms with Gasteiger partial charge in [0.15, 0.2) is 0 Å². The van der Waals surface area contributed by atoms with Crippen molar-refractivity contribution in [2.45, 2.75) is 31.8 Å². The molecule has 1 N–H and O–H groups in total. The maximum atomic E-state index is 13.1. The second kappa shape index (κ2) is 5.31. The molecule has 4 rings (SSSR count). The number of aryl methyl sites for hydroxylation is 2. The molecular weight excluding hydrogens is 326 g/mol. The first-order valence-electron chi connectivity index (χ1n) is 7.86. The third-order valence-corrected chi connectivity index (χ3v) is 5.14. The highest BCUT2D eigenvalue weighted by atomic mass is 35.5. The highest BCUT2D eigenvalue weighted by molar-refractivity contribution is 6.30. The van der Waals surface area contributed by atoms with Crippen LogP contribution in [0.2, 0.25) is 5.15 Å². The monoisotopic (exact) mass is 341 g/mol. The number of fused-ring (bicyclic) bond motifs is 2. The molecule has 0 radical (unpaired) electrons. The van der Waals surface area contributed by atoms with Crippen molar-refractivity contribution in [3.63, 3.8) is 0 Å². The minimum Gasteiger partial charge on any atom is -0.319 e. The quantitative estimate of drug-likeness (QED) is 0.674. The van der Waals surface area contributed by atoms with E-state index in [0.29, 0.717) is 17.1 Å². The average Bonchev–Trinajstić information content (AvgIpc) is 3.04. The molecule has 1 saturated heterocycles. The van der Waals surface area contributed by atoms with Crippen molar-refractivity contribution in [3.05, 3.63) is 63.9 Å². The fourth-order valence-electron chi connectivity index (χ4n) is 3.58. The number of halogens is 1. The molecule has 2 heterocycles. The smallest absolute Gasteiger partial charge is 0.319 e. The number of amides is 3. The van der Waals surface area contributed by atoms with Crippen LogP contribution in [0.3, 0.4) is 0 Å². The third kappa shape index (κ3) is 2.12. The van der Waals surface area contributed by atoms with E-state index in [2.05, 4.69) is 10.3 Å². The Labute approximate surface area is 144 Å². The lowest BCUT2D eigenvalue weighted by molar-refractivity contribution is -0.132. The van der Waals surface area contributed by atoms with Crippen LogP contribution < -0.4 is 5.32 Å². The molecule has 0 bridgehead atoms. The van der Waals surface area contributed by atoms with Gasteiger partial charge < -0.3 is 5.32 Å². The number of rotatable bonds is 2. The number of aromatic nitrogens is 1. The van der Waals surface area contributed by atoms with Gasteiger partial charge in [0.05, 0.1) is 6.54 Å². The van der Waals surface area contributed by atoms with Crippen molar-refractivity contribution in [2.75, 3.05) is 0 Å². The first-order chi connectivity index (χ1) is 11.5. The highest BCUT2D eigenvalue weighted by Crippen LogP contribution is 2.41. The lowest BCUT2D eigenvalue weighted by Crippen LogP contribution is -2.41. The molecule has 1 fully saturated rings. The van der Waals surface area contributed by atoms with E-state index in [1.165, 1.54) is 4.90 Å². The minimum absolute atomic E-state index is 0.126. The van der Waals surface area contributed by atoms with Crippen molar-refractivity contribution in [1.29, 1.82) is 0 Å². The molecule has 1 aliphatic carbocycles. The normalized spacial score (nSPS) is 22.2. The Balaban J connectivity index is 1.68. The SMILES string of the molecule is Cc1ccc(CN2C(=O)NC3(CCc4ccccc43)C2=O)c(Cl)n1. The van der Waals surface area contributed by atoms with Gasteiger partial charge in [-0.2, -0.15) is 0 Å². The molecule has 1 aliphatic heterocycles. The zero-order valence-electron chi connectivity index (χ0n) is 13.2.